The van der Waals surface area contributed by atoms with Gasteiger partial charge in [-0.25, -0.2) is 0 Å². The van der Waals surface area contributed by atoms with Gasteiger partial charge in [0.15, 0.2) is 0 Å². The minimum Gasteiger partial charge on any atom is -0.497 e. The Morgan fingerprint density at radius 1 is 0.220 bits per heavy atom. The number of aryl methyl sites for hydroxylation is 8. The first kappa shape index (κ1) is 85.5. The number of methoxy groups -OCH3 is 6. The van der Waals surface area contributed by atoms with Gasteiger partial charge in [-0.15, -0.1) is 0 Å². The molecule has 0 atom stereocenters. The molecule has 11 aromatic carbocycles. The molecule has 11 rings (SSSR count). The maximum absolute atomic E-state index is 6.25. The van der Waals surface area contributed by atoms with Crippen LogP contribution < -0.4 is 52.1 Å². The van der Waals surface area contributed by atoms with Gasteiger partial charge in [0.1, 0.15) is 83.1 Å². The zero-order valence-electron chi connectivity index (χ0n) is 68.3. The van der Waals surface area contributed by atoms with Crippen LogP contribution in [0.3, 0.4) is 0 Å². The van der Waals surface area contributed by atoms with E-state index in [2.05, 4.69) is 197 Å². The Hall–Kier alpha value is -10.8. The Bertz CT molecular complexity index is 4170. The predicted molar refractivity (Wildman–Crippen MR) is 449 cm³/mol. The molecule has 576 valence electrons. The summed E-state index contributed by atoms with van der Waals surface area (Å²) in [6.45, 7) is 30.4. The van der Waals surface area contributed by atoms with Gasteiger partial charge in [0.05, 0.1) is 55.9 Å². The highest BCUT2D eigenvalue weighted by molar-refractivity contribution is 5.53. The van der Waals surface area contributed by atoms with Crippen molar-refractivity contribution < 1.29 is 52.1 Å². The van der Waals surface area contributed by atoms with Crippen LogP contribution in [0, 0.1) is 13.8 Å². The molecule has 0 aromatic heterocycles. The van der Waals surface area contributed by atoms with E-state index in [4.69, 9.17) is 52.1 Å². The summed E-state index contributed by atoms with van der Waals surface area (Å²) in [5.41, 5.74) is 19.7. The van der Waals surface area contributed by atoms with E-state index in [1.807, 2.05) is 129 Å². The zero-order valence-corrected chi connectivity index (χ0v) is 68.3. The fraction of sp³-hybridized carbons (Fsp3) is 0.327. The van der Waals surface area contributed by atoms with Gasteiger partial charge in [0.2, 0.25) is 0 Å². The molecule has 11 nitrogen and oxygen atoms in total. The van der Waals surface area contributed by atoms with Crippen molar-refractivity contribution in [2.75, 3.05) is 55.9 Å². The minimum absolute atomic E-state index is 0.0431. The SMILES string of the molecule is CCOc1cc(COc2ccc(C(C)(c3ccc(OCc4cc(OC)cc(OC)c4)cc3)c3ccc(OCc4cc(OC)cc(OCC)c4)cc3)cc2)cc(OC)c1.CCc1cc(CC)c(CC)cc1CC.CCc1ccc(CC)cc1.COc1ccc(C(C)(C)c2ccc(OC)cc2)cc1.Cc1ccc(C)cc1. The highest BCUT2D eigenvalue weighted by Gasteiger charge is 2.32. The molecular formula is C98H118O11. The largest absolute Gasteiger partial charge is 0.497 e. The molecular weight excluding hydrogens is 1350 g/mol. The molecule has 0 unspecified atom stereocenters. The second kappa shape index (κ2) is 43.9. The fourth-order valence-electron chi connectivity index (χ4n) is 12.7. The third kappa shape index (κ3) is 25.4. The summed E-state index contributed by atoms with van der Waals surface area (Å²) in [6, 6.07) is 80.7. The maximum atomic E-state index is 6.25. The third-order valence-electron chi connectivity index (χ3n) is 19.6. The van der Waals surface area contributed by atoms with E-state index >= 15 is 0 Å². The Balaban J connectivity index is 0.000000257. The van der Waals surface area contributed by atoms with Crippen LogP contribution >= 0.6 is 0 Å². The average Bonchev–Trinajstić information content (AvgIpc) is 0.770. The van der Waals surface area contributed by atoms with Gasteiger partial charge in [-0.1, -0.05) is 188 Å². The molecule has 0 radical (unpaired) electrons. The van der Waals surface area contributed by atoms with Crippen LogP contribution in [0.1, 0.15) is 165 Å². The highest BCUT2D eigenvalue weighted by atomic mass is 16.5. The molecule has 0 fully saturated rings. The number of hydrogen-bond donors (Lipinski definition) is 0. The molecule has 0 saturated heterocycles. The van der Waals surface area contributed by atoms with E-state index in [0.717, 1.165) is 98.0 Å². The van der Waals surface area contributed by atoms with Crippen LogP contribution in [-0.4, -0.2) is 55.9 Å². The second-order valence-corrected chi connectivity index (χ2v) is 27.2. The van der Waals surface area contributed by atoms with Gasteiger partial charge >= 0.3 is 0 Å². The first-order valence-electron chi connectivity index (χ1n) is 38.3. The molecule has 109 heavy (non-hydrogen) atoms. The summed E-state index contributed by atoms with van der Waals surface area (Å²) in [6.07, 6.45) is 6.95. The van der Waals surface area contributed by atoms with Crippen molar-refractivity contribution in [3.8, 4) is 63.2 Å². The van der Waals surface area contributed by atoms with Crippen LogP contribution in [0.5, 0.6) is 63.2 Å². The Morgan fingerprint density at radius 2 is 0.459 bits per heavy atom. The van der Waals surface area contributed by atoms with Gasteiger partial charge < -0.3 is 52.1 Å². The van der Waals surface area contributed by atoms with Gasteiger partial charge in [-0.3, -0.25) is 0 Å². The van der Waals surface area contributed by atoms with Crippen LogP contribution in [0.25, 0.3) is 0 Å². The first-order valence-corrected chi connectivity index (χ1v) is 38.3. The van der Waals surface area contributed by atoms with Gasteiger partial charge in [0.25, 0.3) is 0 Å². The van der Waals surface area contributed by atoms with Gasteiger partial charge in [-0.2, -0.15) is 0 Å². The van der Waals surface area contributed by atoms with Crippen LogP contribution in [0.4, 0.5) is 0 Å². The first-order chi connectivity index (χ1) is 52.7. The monoisotopic (exact) mass is 1470 g/mol. The molecule has 0 aliphatic rings. The molecule has 0 bridgehead atoms. The maximum Gasteiger partial charge on any atom is 0.123 e. The van der Waals surface area contributed by atoms with Crippen molar-refractivity contribution in [3.63, 3.8) is 0 Å². The van der Waals surface area contributed by atoms with Crippen molar-refractivity contribution in [2.24, 2.45) is 0 Å². The number of hydrogen-bond acceptors (Lipinski definition) is 11. The van der Waals surface area contributed by atoms with E-state index in [1.54, 1.807) is 64.9 Å². The van der Waals surface area contributed by atoms with Crippen LogP contribution in [0.15, 0.2) is 237 Å². The molecule has 0 aliphatic carbocycles. The Kier molecular flexibility index (Phi) is 34.4. The smallest absolute Gasteiger partial charge is 0.123 e. The lowest BCUT2D eigenvalue weighted by molar-refractivity contribution is 0.301. The van der Waals surface area contributed by atoms with Crippen molar-refractivity contribution >= 4 is 0 Å². The van der Waals surface area contributed by atoms with E-state index < -0.39 is 5.41 Å². The molecule has 0 aliphatic heterocycles. The molecule has 11 heteroatoms. The summed E-state index contributed by atoms with van der Waals surface area (Å²) >= 11 is 0. The Morgan fingerprint density at radius 3 is 0.697 bits per heavy atom. The predicted octanol–water partition coefficient (Wildman–Crippen LogP) is 23.7. The van der Waals surface area contributed by atoms with E-state index in [-0.39, 0.29) is 5.41 Å². The van der Waals surface area contributed by atoms with Crippen LogP contribution in [-0.2, 0) is 69.2 Å². The van der Waals surface area contributed by atoms with E-state index in [9.17, 15) is 0 Å². The van der Waals surface area contributed by atoms with E-state index in [0.29, 0.717) is 44.5 Å². The molecule has 0 spiro atoms. The van der Waals surface area contributed by atoms with Crippen molar-refractivity contribution in [2.45, 2.75) is 159 Å². The summed E-state index contributed by atoms with van der Waals surface area (Å²) in [5, 5.41) is 0. The highest BCUT2D eigenvalue weighted by Crippen LogP contribution is 2.42. The average molecular weight is 1470 g/mol. The molecule has 11 aromatic rings. The zero-order chi connectivity index (χ0) is 78.7. The normalized spacial score (nSPS) is 10.7. The standard InChI is InChI=1S/C49H52O9.C17H20O2.C14H22.C10H14.C8H10/c1-8-54-47-26-35(24-45(29-47)52-6)32-57-41-18-12-38(13-19-41)49(3,37-10-16-40(17-11-37)56-31-34-22-43(50-4)28-44(23-34)51-5)39-14-20-42(21-15-39)58-33-36-25-46(53-7)30-48(27-36)55-9-2;1-17(2,13-5-9-15(18-3)10-6-13)14-7-11-16(19-4)12-8-14;1-5-11-9-13(7-3)14(8-4)10-12(11)6-2;1-3-9-5-7-10(4-2)8-6-9;1-7-3-5-8(2)6-4-7/h10-30H,8-9,31-33H2,1-7H3;5-12H,1-4H3;9-10H,5-8H2,1-4H3;5-8H,3-4H2,1-2H3;3-6H,1-2H3. The summed E-state index contributed by atoms with van der Waals surface area (Å²) in [7, 11) is 9.94. The second-order valence-electron chi connectivity index (χ2n) is 27.2. The summed E-state index contributed by atoms with van der Waals surface area (Å²) in [5.74, 6) is 8.37. The molecule has 0 N–H and O–H groups in total. The lowest BCUT2D eigenvalue weighted by atomic mass is 9.71. The van der Waals surface area contributed by atoms with Crippen LogP contribution in [0.2, 0.25) is 0 Å². The number of ether oxygens (including phenoxy) is 11. The Labute approximate surface area is 652 Å². The third-order valence-corrected chi connectivity index (χ3v) is 19.6. The summed E-state index contributed by atoms with van der Waals surface area (Å²) in [4.78, 5) is 0. The molecule has 0 heterocycles. The van der Waals surface area contributed by atoms with E-state index in [1.165, 1.54) is 59.1 Å². The quantitative estimate of drug-likeness (QED) is 0.0402. The van der Waals surface area contributed by atoms with Gasteiger partial charge in [-0.05, 0) is 248 Å². The number of rotatable bonds is 30. The molecule has 0 amide bonds. The van der Waals surface area contributed by atoms with Crippen molar-refractivity contribution in [1.29, 1.82) is 0 Å². The lowest BCUT2D eigenvalue weighted by Gasteiger charge is -2.32. The number of benzene rings is 11. The molecule has 0 saturated carbocycles. The van der Waals surface area contributed by atoms with Crippen molar-refractivity contribution in [3.05, 3.63) is 326 Å². The fourth-order valence-corrected chi connectivity index (χ4v) is 12.7. The van der Waals surface area contributed by atoms with Crippen molar-refractivity contribution in [1.82, 2.24) is 0 Å². The summed E-state index contributed by atoms with van der Waals surface area (Å²) < 4.78 is 62.4. The minimum atomic E-state index is -0.547. The lowest BCUT2D eigenvalue weighted by Crippen LogP contribution is -2.25. The van der Waals surface area contributed by atoms with Gasteiger partial charge in [0, 0.05) is 29.0 Å². The topological polar surface area (TPSA) is 102 Å².